The molecule has 0 radical (unpaired) electrons. The van der Waals surface area contributed by atoms with Gasteiger partial charge in [0.25, 0.3) is 11.8 Å². The molecule has 0 atom stereocenters. The first-order valence-corrected chi connectivity index (χ1v) is 7.82. The summed E-state index contributed by atoms with van der Waals surface area (Å²) in [5.74, 6) is -1.17. The Labute approximate surface area is 137 Å². The molecule has 1 aliphatic heterocycles. The Morgan fingerprint density at radius 3 is 2.30 bits per heavy atom. The SMILES string of the molecule is Cc1ccc(C(=O)N2C(=O)S/C(=C/c3ccccc3)C2=O)cc1. The number of carbonyl (C=O) groups is 3. The first kappa shape index (κ1) is 15.2. The van der Waals surface area contributed by atoms with Gasteiger partial charge in [-0.1, -0.05) is 48.0 Å². The number of thioether (sulfide) groups is 1. The molecule has 5 heteroatoms. The molecule has 1 aliphatic rings. The molecule has 3 rings (SSSR count). The van der Waals surface area contributed by atoms with Crippen molar-refractivity contribution in [3.63, 3.8) is 0 Å². The van der Waals surface area contributed by atoms with E-state index in [-0.39, 0.29) is 4.91 Å². The third kappa shape index (κ3) is 3.10. The van der Waals surface area contributed by atoms with E-state index in [1.165, 1.54) is 0 Å². The van der Waals surface area contributed by atoms with Gasteiger partial charge in [-0.25, -0.2) is 4.90 Å². The Balaban J connectivity index is 1.88. The third-order valence-corrected chi connectivity index (χ3v) is 4.26. The van der Waals surface area contributed by atoms with Crippen LogP contribution in [-0.4, -0.2) is 22.0 Å². The van der Waals surface area contributed by atoms with Crippen LogP contribution in [0.5, 0.6) is 0 Å². The number of imide groups is 3. The Morgan fingerprint density at radius 2 is 1.65 bits per heavy atom. The molecule has 0 saturated carbocycles. The van der Waals surface area contributed by atoms with Gasteiger partial charge in [-0.3, -0.25) is 14.4 Å². The van der Waals surface area contributed by atoms with E-state index in [9.17, 15) is 14.4 Å². The summed E-state index contributed by atoms with van der Waals surface area (Å²) in [7, 11) is 0. The van der Waals surface area contributed by atoms with Crippen LogP contribution in [0.3, 0.4) is 0 Å². The lowest BCUT2D eigenvalue weighted by molar-refractivity contribution is -0.120. The number of hydrogen-bond acceptors (Lipinski definition) is 4. The third-order valence-electron chi connectivity index (χ3n) is 3.39. The highest BCUT2D eigenvalue weighted by atomic mass is 32.2. The molecule has 0 spiro atoms. The van der Waals surface area contributed by atoms with Gasteiger partial charge in [0.1, 0.15) is 0 Å². The van der Waals surface area contributed by atoms with E-state index in [1.54, 1.807) is 30.3 Å². The van der Waals surface area contributed by atoms with Gasteiger partial charge in [-0.05, 0) is 42.5 Å². The van der Waals surface area contributed by atoms with E-state index in [1.807, 2.05) is 37.3 Å². The van der Waals surface area contributed by atoms with Gasteiger partial charge in [0, 0.05) is 5.56 Å². The number of amides is 3. The highest BCUT2D eigenvalue weighted by Crippen LogP contribution is 2.33. The van der Waals surface area contributed by atoms with Crippen molar-refractivity contribution in [1.29, 1.82) is 0 Å². The minimum atomic E-state index is -0.594. The lowest BCUT2D eigenvalue weighted by Crippen LogP contribution is -2.34. The largest absolute Gasteiger partial charge is 0.300 e. The van der Waals surface area contributed by atoms with Crippen molar-refractivity contribution in [2.45, 2.75) is 6.92 Å². The molecule has 4 nitrogen and oxygen atoms in total. The lowest BCUT2D eigenvalue weighted by Gasteiger charge is -2.10. The van der Waals surface area contributed by atoms with Crippen LogP contribution in [-0.2, 0) is 4.79 Å². The Kier molecular flexibility index (Phi) is 4.12. The molecule has 0 unspecified atom stereocenters. The van der Waals surface area contributed by atoms with Crippen molar-refractivity contribution in [1.82, 2.24) is 4.90 Å². The standard InChI is InChI=1S/C18H13NO3S/c1-12-7-9-14(10-8-12)16(20)19-17(21)15(23-18(19)22)11-13-5-3-2-4-6-13/h2-11H,1H3/b15-11+. The van der Waals surface area contributed by atoms with E-state index in [0.29, 0.717) is 10.5 Å². The second kappa shape index (κ2) is 6.22. The van der Waals surface area contributed by atoms with Gasteiger partial charge in [0.2, 0.25) is 0 Å². The van der Waals surface area contributed by atoms with Crippen LogP contribution in [0.25, 0.3) is 6.08 Å². The topological polar surface area (TPSA) is 54.5 Å². The number of hydrogen-bond donors (Lipinski definition) is 0. The van der Waals surface area contributed by atoms with E-state index in [2.05, 4.69) is 0 Å². The van der Waals surface area contributed by atoms with Gasteiger partial charge < -0.3 is 0 Å². The summed E-state index contributed by atoms with van der Waals surface area (Å²) in [5, 5.41) is -0.567. The maximum absolute atomic E-state index is 12.4. The summed E-state index contributed by atoms with van der Waals surface area (Å²) in [6, 6.07) is 16.0. The van der Waals surface area contributed by atoms with E-state index in [4.69, 9.17) is 0 Å². The first-order valence-electron chi connectivity index (χ1n) is 7.00. The molecule has 0 aliphatic carbocycles. The molecule has 0 N–H and O–H groups in total. The molecule has 23 heavy (non-hydrogen) atoms. The van der Waals surface area contributed by atoms with Gasteiger partial charge in [-0.15, -0.1) is 0 Å². The molecule has 3 amide bonds. The van der Waals surface area contributed by atoms with E-state index < -0.39 is 17.1 Å². The number of benzene rings is 2. The zero-order valence-electron chi connectivity index (χ0n) is 12.4. The average molecular weight is 323 g/mol. The van der Waals surface area contributed by atoms with Crippen LogP contribution in [0, 0.1) is 6.92 Å². The fourth-order valence-corrected chi connectivity index (χ4v) is 2.99. The van der Waals surface area contributed by atoms with Crippen LogP contribution in [0.1, 0.15) is 21.5 Å². The monoisotopic (exact) mass is 323 g/mol. The van der Waals surface area contributed by atoms with Crippen molar-refractivity contribution in [2.24, 2.45) is 0 Å². The quantitative estimate of drug-likeness (QED) is 0.622. The minimum absolute atomic E-state index is 0.252. The summed E-state index contributed by atoms with van der Waals surface area (Å²) >= 11 is 0.780. The lowest BCUT2D eigenvalue weighted by atomic mass is 10.1. The van der Waals surface area contributed by atoms with Crippen LogP contribution in [0.15, 0.2) is 59.5 Å². The van der Waals surface area contributed by atoms with Gasteiger partial charge in [0.05, 0.1) is 4.91 Å². The van der Waals surface area contributed by atoms with Crippen molar-refractivity contribution < 1.29 is 14.4 Å². The molecule has 2 aromatic rings. The Hall–Kier alpha value is -2.66. The molecule has 2 aromatic carbocycles. The summed E-state index contributed by atoms with van der Waals surface area (Å²) in [4.78, 5) is 37.8. The van der Waals surface area contributed by atoms with Crippen LogP contribution in [0.2, 0.25) is 0 Å². The molecule has 0 bridgehead atoms. The zero-order valence-corrected chi connectivity index (χ0v) is 13.2. The van der Waals surface area contributed by atoms with Crippen LogP contribution in [0.4, 0.5) is 4.79 Å². The summed E-state index contributed by atoms with van der Waals surface area (Å²) in [6.07, 6.45) is 1.62. The van der Waals surface area contributed by atoms with Crippen molar-refractivity contribution in [2.75, 3.05) is 0 Å². The van der Waals surface area contributed by atoms with E-state index >= 15 is 0 Å². The minimum Gasteiger partial charge on any atom is -0.268 e. The summed E-state index contributed by atoms with van der Waals surface area (Å²) in [5.41, 5.74) is 2.12. The maximum Gasteiger partial charge on any atom is 0.300 e. The maximum atomic E-state index is 12.4. The van der Waals surface area contributed by atoms with Crippen molar-refractivity contribution in [3.05, 3.63) is 76.2 Å². The number of nitrogens with zero attached hydrogens (tertiary/aromatic N) is 1. The van der Waals surface area contributed by atoms with Crippen LogP contribution < -0.4 is 0 Å². The van der Waals surface area contributed by atoms with Crippen molar-refractivity contribution >= 4 is 34.9 Å². The van der Waals surface area contributed by atoms with Gasteiger partial charge >= 0.3 is 5.24 Å². The second-order valence-corrected chi connectivity index (χ2v) is 6.09. The predicted octanol–water partition coefficient (Wildman–Crippen LogP) is 3.87. The number of carbonyl (C=O) groups excluding carboxylic acids is 3. The Bertz CT molecular complexity index is 810. The summed E-state index contributed by atoms with van der Waals surface area (Å²) < 4.78 is 0. The van der Waals surface area contributed by atoms with Crippen LogP contribution >= 0.6 is 11.8 Å². The zero-order chi connectivity index (χ0) is 16.4. The molecule has 1 heterocycles. The normalized spacial score (nSPS) is 16.2. The van der Waals surface area contributed by atoms with Gasteiger partial charge in [0.15, 0.2) is 0 Å². The number of rotatable bonds is 2. The van der Waals surface area contributed by atoms with Gasteiger partial charge in [-0.2, -0.15) is 0 Å². The Morgan fingerprint density at radius 1 is 1.00 bits per heavy atom. The fraction of sp³-hybridized carbons (Fsp3) is 0.0556. The average Bonchev–Trinajstić information content (AvgIpc) is 2.82. The smallest absolute Gasteiger partial charge is 0.268 e. The molecular weight excluding hydrogens is 310 g/mol. The summed E-state index contributed by atoms with van der Waals surface area (Å²) in [6.45, 7) is 1.90. The molecule has 0 aromatic heterocycles. The highest BCUT2D eigenvalue weighted by molar-refractivity contribution is 8.18. The predicted molar refractivity (Wildman–Crippen MR) is 89.8 cm³/mol. The highest BCUT2D eigenvalue weighted by Gasteiger charge is 2.40. The second-order valence-electron chi connectivity index (χ2n) is 5.10. The fourth-order valence-electron chi connectivity index (χ4n) is 2.17. The van der Waals surface area contributed by atoms with E-state index in [0.717, 1.165) is 22.9 Å². The number of aryl methyl sites for hydroxylation is 1. The molecule has 114 valence electrons. The molecule has 1 saturated heterocycles. The molecule has 1 fully saturated rings. The van der Waals surface area contributed by atoms with Crippen molar-refractivity contribution in [3.8, 4) is 0 Å². The molecular formula is C18H13NO3S. The first-order chi connectivity index (χ1) is 11.1.